The number of nitrogens with two attached hydrogens (primary N) is 1. The summed E-state index contributed by atoms with van der Waals surface area (Å²) < 4.78 is 0. The Morgan fingerprint density at radius 1 is 1.12 bits per heavy atom. The van der Waals surface area contributed by atoms with E-state index >= 15 is 0 Å². The molecule has 4 heteroatoms. The van der Waals surface area contributed by atoms with E-state index in [1.165, 1.54) is 0 Å². The van der Waals surface area contributed by atoms with Crippen molar-refractivity contribution >= 4 is 12.1 Å². The second-order valence-corrected chi connectivity index (χ2v) is 3.37. The van der Waals surface area contributed by atoms with E-state index in [1.807, 2.05) is 37.3 Å². The highest BCUT2D eigenvalue weighted by atomic mass is 16.1. The molecule has 2 aromatic rings. The molecule has 17 heavy (non-hydrogen) atoms. The third kappa shape index (κ3) is 4.90. The van der Waals surface area contributed by atoms with Crippen LogP contribution in [0.3, 0.4) is 0 Å². The molecule has 0 radical (unpaired) electrons. The Morgan fingerprint density at radius 2 is 1.71 bits per heavy atom. The summed E-state index contributed by atoms with van der Waals surface area (Å²) in [6.07, 6.45) is 4.07. The Labute approximate surface area is 101 Å². The zero-order valence-corrected chi connectivity index (χ0v) is 9.65. The molecule has 0 atom stereocenters. The van der Waals surface area contributed by atoms with Crippen LogP contribution < -0.4 is 10.9 Å². The van der Waals surface area contributed by atoms with E-state index in [-0.39, 0.29) is 0 Å². The third-order valence-electron chi connectivity index (χ3n) is 2.01. The van der Waals surface area contributed by atoms with Gasteiger partial charge in [-0.2, -0.15) is 0 Å². The van der Waals surface area contributed by atoms with Gasteiger partial charge in [0.25, 0.3) is 0 Å². The number of anilines is 1. The summed E-state index contributed by atoms with van der Waals surface area (Å²) in [6.45, 7) is 1.98. The number of hydrogen-bond acceptors (Lipinski definition) is 3. The topological polar surface area (TPSA) is 59.2 Å². The van der Waals surface area contributed by atoms with Gasteiger partial charge in [0.1, 0.15) is 0 Å². The van der Waals surface area contributed by atoms with Gasteiger partial charge in [0.15, 0.2) is 0 Å². The van der Waals surface area contributed by atoms with Gasteiger partial charge in [-0.25, -0.2) is 5.84 Å². The first kappa shape index (κ1) is 12.9. The molecule has 0 aliphatic rings. The smallest absolute Gasteiger partial charge is 0.228 e. The highest BCUT2D eigenvalue weighted by molar-refractivity contribution is 5.73. The number of benzene rings is 1. The normalized spacial score (nSPS) is 8.82. The third-order valence-corrected chi connectivity index (χ3v) is 2.01. The van der Waals surface area contributed by atoms with Gasteiger partial charge in [0.2, 0.25) is 6.41 Å². The molecular weight excluding hydrogens is 214 g/mol. The summed E-state index contributed by atoms with van der Waals surface area (Å²) in [5.41, 5.74) is 1.85. The SMILES string of the molecule is Cc1ccc(N(N)C=O)cc1.c1ccncc1. The molecule has 0 unspecified atom stereocenters. The molecule has 4 nitrogen and oxygen atoms in total. The van der Waals surface area contributed by atoms with Crippen molar-refractivity contribution in [2.45, 2.75) is 6.92 Å². The van der Waals surface area contributed by atoms with Gasteiger partial charge in [0, 0.05) is 12.4 Å². The lowest BCUT2D eigenvalue weighted by atomic mass is 10.2. The number of hydrazine groups is 1. The monoisotopic (exact) mass is 229 g/mol. The zero-order valence-electron chi connectivity index (χ0n) is 9.65. The summed E-state index contributed by atoms with van der Waals surface area (Å²) in [7, 11) is 0. The fourth-order valence-corrected chi connectivity index (χ4v) is 1.09. The van der Waals surface area contributed by atoms with Crippen molar-refractivity contribution in [3.63, 3.8) is 0 Å². The maximum absolute atomic E-state index is 10.2. The number of pyridine rings is 1. The number of carbonyl (C=O) groups is 1. The van der Waals surface area contributed by atoms with Gasteiger partial charge >= 0.3 is 0 Å². The van der Waals surface area contributed by atoms with E-state index in [0.29, 0.717) is 12.1 Å². The molecule has 0 spiro atoms. The molecule has 1 amide bonds. The van der Waals surface area contributed by atoms with Crippen LogP contribution in [0.2, 0.25) is 0 Å². The quantitative estimate of drug-likeness (QED) is 0.370. The van der Waals surface area contributed by atoms with Gasteiger partial charge in [-0.3, -0.25) is 14.8 Å². The predicted octanol–water partition coefficient (Wildman–Crippen LogP) is 1.91. The molecule has 0 aliphatic carbocycles. The van der Waals surface area contributed by atoms with Crippen LogP contribution >= 0.6 is 0 Å². The summed E-state index contributed by atoms with van der Waals surface area (Å²) >= 11 is 0. The fourth-order valence-electron chi connectivity index (χ4n) is 1.09. The van der Waals surface area contributed by atoms with Gasteiger partial charge in [-0.1, -0.05) is 23.8 Å². The minimum atomic E-state index is 0.574. The average Bonchev–Trinajstić information content (AvgIpc) is 2.41. The number of aryl methyl sites for hydroxylation is 1. The number of nitrogens with zero attached hydrogens (tertiary/aromatic N) is 2. The molecular formula is C13H15N3O. The second-order valence-electron chi connectivity index (χ2n) is 3.37. The van der Waals surface area contributed by atoms with Crippen LogP contribution in [0.5, 0.6) is 0 Å². The van der Waals surface area contributed by atoms with Crippen molar-refractivity contribution in [3.8, 4) is 0 Å². The van der Waals surface area contributed by atoms with Gasteiger partial charge < -0.3 is 0 Å². The summed E-state index contributed by atoms with van der Waals surface area (Å²) in [5.74, 6) is 5.31. The van der Waals surface area contributed by atoms with Gasteiger partial charge in [0.05, 0.1) is 5.69 Å². The van der Waals surface area contributed by atoms with Gasteiger partial charge in [-0.15, -0.1) is 0 Å². The molecule has 0 aliphatic heterocycles. The highest BCUT2D eigenvalue weighted by Crippen LogP contribution is 2.09. The number of carbonyl (C=O) groups excluding carboxylic acids is 1. The van der Waals surface area contributed by atoms with E-state index in [2.05, 4.69) is 4.98 Å². The lowest BCUT2D eigenvalue weighted by Gasteiger charge is -2.09. The van der Waals surface area contributed by atoms with E-state index in [1.54, 1.807) is 24.5 Å². The first-order valence-electron chi connectivity index (χ1n) is 5.15. The Morgan fingerprint density at radius 3 is 2.06 bits per heavy atom. The second kappa shape index (κ2) is 7.14. The fraction of sp³-hybridized carbons (Fsp3) is 0.0769. The molecule has 2 N–H and O–H groups in total. The van der Waals surface area contributed by atoms with Crippen LogP contribution in [-0.4, -0.2) is 11.4 Å². The number of amides is 1. The van der Waals surface area contributed by atoms with E-state index < -0.39 is 0 Å². The van der Waals surface area contributed by atoms with Crippen molar-refractivity contribution < 1.29 is 4.79 Å². The van der Waals surface area contributed by atoms with Crippen LogP contribution in [0.15, 0.2) is 54.9 Å². The lowest BCUT2D eigenvalue weighted by molar-refractivity contribution is -0.107. The maximum Gasteiger partial charge on any atom is 0.228 e. The van der Waals surface area contributed by atoms with Crippen molar-refractivity contribution in [2.75, 3.05) is 5.01 Å². The van der Waals surface area contributed by atoms with E-state index in [0.717, 1.165) is 10.6 Å². The van der Waals surface area contributed by atoms with Crippen LogP contribution in [0.25, 0.3) is 0 Å². The Kier molecular flexibility index (Phi) is 5.40. The molecule has 0 saturated heterocycles. The summed E-state index contributed by atoms with van der Waals surface area (Å²) in [6, 6.07) is 13.1. The Balaban J connectivity index is 0.000000202. The standard InChI is InChI=1S/C8H10N2O.C5H5N/c1-7-2-4-8(5-3-7)10(9)6-11;1-2-4-6-5-3-1/h2-6H,9H2,1H3;1-5H. The van der Waals surface area contributed by atoms with Gasteiger partial charge in [-0.05, 0) is 31.2 Å². The molecule has 0 saturated carbocycles. The van der Waals surface area contributed by atoms with E-state index in [4.69, 9.17) is 5.84 Å². The highest BCUT2D eigenvalue weighted by Gasteiger charge is 1.96. The average molecular weight is 229 g/mol. The molecule has 0 fully saturated rings. The van der Waals surface area contributed by atoms with Crippen LogP contribution in [0.4, 0.5) is 5.69 Å². The molecule has 1 heterocycles. The molecule has 2 rings (SSSR count). The van der Waals surface area contributed by atoms with Crippen LogP contribution in [0.1, 0.15) is 5.56 Å². The summed E-state index contributed by atoms with van der Waals surface area (Å²) in [5, 5.41) is 1.04. The van der Waals surface area contributed by atoms with Crippen LogP contribution in [0, 0.1) is 6.92 Å². The van der Waals surface area contributed by atoms with Crippen molar-refractivity contribution in [1.29, 1.82) is 0 Å². The maximum atomic E-state index is 10.2. The van der Waals surface area contributed by atoms with E-state index in [9.17, 15) is 4.79 Å². The lowest BCUT2D eigenvalue weighted by Crippen LogP contribution is -2.28. The first-order chi connectivity index (χ1) is 8.24. The minimum absolute atomic E-state index is 0.574. The molecule has 88 valence electrons. The molecule has 1 aromatic heterocycles. The summed E-state index contributed by atoms with van der Waals surface area (Å²) in [4.78, 5) is 14.0. The van der Waals surface area contributed by atoms with Crippen molar-refractivity contribution in [2.24, 2.45) is 5.84 Å². The number of aromatic nitrogens is 1. The minimum Gasteiger partial charge on any atom is -0.277 e. The predicted molar refractivity (Wildman–Crippen MR) is 68.1 cm³/mol. The number of hydrogen-bond donors (Lipinski definition) is 1. The molecule has 1 aromatic carbocycles. The largest absolute Gasteiger partial charge is 0.277 e. The Hall–Kier alpha value is -2.20. The first-order valence-corrected chi connectivity index (χ1v) is 5.15. The zero-order chi connectivity index (χ0) is 12.5. The van der Waals surface area contributed by atoms with Crippen LogP contribution in [-0.2, 0) is 4.79 Å². The number of rotatable bonds is 2. The van der Waals surface area contributed by atoms with Crippen molar-refractivity contribution in [3.05, 3.63) is 60.4 Å². The van der Waals surface area contributed by atoms with Crippen molar-refractivity contribution in [1.82, 2.24) is 4.98 Å². The molecule has 0 bridgehead atoms. The Bertz CT molecular complexity index is 401.